The minimum Gasteiger partial charge on any atom is -0.392 e. The second kappa shape index (κ2) is 12.9. The van der Waals surface area contributed by atoms with Gasteiger partial charge in [-0.15, -0.1) is 0 Å². The highest BCUT2D eigenvalue weighted by Crippen LogP contribution is 2.22. The van der Waals surface area contributed by atoms with Gasteiger partial charge in [0.1, 0.15) is 0 Å². The zero-order chi connectivity index (χ0) is 14.5. The number of unbranched alkanes of at least 4 members (excludes halogenated alkanes) is 7. The predicted octanol–water partition coefficient (Wildman–Crippen LogP) is 4.64. The molecule has 0 aliphatic rings. The summed E-state index contributed by atoms with van der Waals surface area (Å²) in [5, 5.41) is 9.71. The molecule has 3 unspecified atom stereocenters. The van der Waals surface area contributed by atoms with Crippen molar-refractivity contribution in [2.75, 3.05) is 0 Å². The van der Waals surface area contributed by atoms with Gasteiger partial charge in [0.05, 0.1) is 6.10 Å². The monoisotopic (exact) mass is 271 g/mol. The summed E-state index contributed by atoms with van der Waals surface area (Å²) in [6.45, 7) is 6.33. The Kier molecular flexibility index (Phi) is 12.9. The lowest BCUT2D eigenvalue weighted by atomic mass is 9.86. The van der Waals surface area contributed by atoms with Gasteiger partial charge >= 0.3 is 0 Å². The fourth-order valence-electron chi connectivity index (χ4n) is 2.77. The number of hydrogen-bond acceptors (Lipinski definition) is 2. The molecule has 2 nitrogen and oxygen atoms in total. The molecular weight excluding hydrogens is 234 g/mol. The molecular formula is C17H37NO. The zero-order valence-electron chi connectivity index (χ0n) is 13.5. The van der Waals surface area contributed by atoms with E-state index in [9.17, 15) is 5.11 Å². The SMILES string of the molecule is CCCCCCCC(CCCCCC)C(N)C(C)O. The molecule has 19 heavy (non-hydrogen) atoms. The van der Waals surface area contributed by atoms with Crippen molar-refractivity contribution in [3.8, 4) is 0 Å². The van der Waals surface area contributed by atoms with Gasteiger partial charge in [0.15, 0.2) is 0 Å². The van der Waals surface area contributed by atoms with Crippen LogP contribution >= 0.6 is 0 Å². The Balaban J connectivity index is 3.90. The molecule has 0 heterocycles. The second-order valence-corrected chi connectivity index (χ2v) is 6.13. The third kappa shape index (κ3) is 10.4. The highest BCUT2D eigenvalue weighted by molar-refractivity contribution is 4.77. The van der Waals surface area contributed by atoms with Crippen LogP contribution < -0.4 is 5.73 Å². The zero-order valence-corrected chi connectivity index (χ0v) is 13.5. The van der Waals surface area contributed by atoms with Crippen molar-refractivity contribution in [2.24, 2.45) is 11.7 Å². The first kappa shape index (κ1) is 18.9. The smallest absolute Gasteiger partial charge is 0.0665 e. The maximum Gasteiger partial charge on any atom is 0.0665 e. The summed E-state index contributed by atoms with van der Waals surface area (Å²) in [5.41, 5.74) is 6.17. The predicted molar refractivity (Wildman–Crippen MR) is 85.3 cm³/mol. The lowest BCUT2D eigenvalue weighted by molar-refractivity contribution is 0.125. The van der Waals surface area contributed by atoms with Crippen LogP contribution in [0, 0.1) is 5.92 Å². The highest BCUT2D eigenvalue weighted by atomic mass is 16.3. The van der Waals surface area contributed by atoms with E-state index in [1.807, 2.05) is 6.92 Å². The van der Waals surface area contributed by atoms with Gasteiger partial charge < -0.3 is 10.8 Å². The molecule has 0 saturated heterocycles. The quantitative estimate of drug-likeness (QED) is 0.479. The van der Waals surface area contributed by atoms with Gasteiger partial charge in [-0.1, -0.05) is 71.6 Å². The van der Waals surface area contributed by atoms with Crippen LogP contribution in [0.15, 0.2) is 0 Å². The second-order valence-electron chi connectivity index (χ2n) is 6.13. The van der Waals surface area contributed by atoms with Gasteiger partial charge in [0.25, 0.3) is 0 Å². The number of hydrogen-bond donors (Lipinski definition) is 2. The van der Waals surface area contributed by atoms with Crippen LogP contribution in [0.3, 0.4) is 0 Å². The molecule has 0 fully saturated rings. The maximum absolute atomic E-state index is 9.71. The molecule has 3 N–H and O–H groups in total. The Morgan fingerprint density at radius 3 is 1.63 bits per heavy atom. The molecule has 0 aliphatic carbocycles. The molecule has 0 spiro atoms. The van der Waals surface area contributed by atoms with Crippen LogP contribution in [-0.4, -0.2) is 17.3 Å². The molecule has 0 aromatic heterocycles. The molecule has 0 aliphatic heterocycles. The van der Waals surface area contributed by atoms with Crippen molar-refractivity contribution in [3.05, 3.63) is 0 Å². The summed E-state index contributed by atoms with van der Waals surface area (Å²) >= 11 is 0. The van der Waals surface area contributed by atoms with Crippen molar-refractivity contribution in [1.29, 1.82) is 0 Å². The Hall–Kier alpha value is -0.0800. The van der Waals surface area contributed by atoms with Gasteiger partial charge in [-0.2, -0.15) is 0 Å². The summed E-state index contributed by atoms with van der Waals surface area (Å²) in [7, 11) is 0. The molecule has 2 heteroatoms. The molecule has 0 aromatic rings. The van der Waals surface area contributed by atoms with Crippen LogP contribution in [0.25, 0.3) is 0 Å². The molecule has 0 aromatic carbocycles. The van der Waals surface area contributed by atoms with Crippen LogP contribution in [0.4, 0.5) is 0 Å². The molecule has 3 atom stereocenters. The maximum atomic E-state index is 9.71. The third-order valence-electron chi connectivity index (χ3n) is 4.21. The van der Waals surface area contributed by atoms with Gasteiger partial charge in [0, 0.05) is 6.04 Å². The Labute approximate surface area is 121 Å². The van der Waals surface area contributed by atoms with Crippen LogP contribution in [0.5, 0.6) is 0 Å². The minimum absolute atomic E-state index is 0.0344. The summed E-state index contributed by atoms with van der Waals surface area (Å²) in [6, 6.07) is -0.0344. The van der Waals surface area contributed by atoms with Crippen molar-refractivity contribution in [1.82, 2.24) is 0 Å². The largest absolute Gasteiger partial charge is 0.392 e. The van der Waals surface area contributed by atoms with E-state index in [0.29, 0.717) is 5.92 Å². The summed E-state index contributed by atoms with van der Waals surface area (Å²) < 4.78 is 0. The molecule has 0 bridgehead atoms. The topological polar surface area (TPSA) is 46.2 Å². The molecule has 0 radical (unpaired) electrons. The van der Waals surface area contributed by atoms with Crippen molar-refractivity contribution < 1.29 is 5.11 Å². The molecule has 116 valence electrons. The van der Waals surface area contributed by atoms with E-state index in [-0.39, 0.29) is 12.1 Å². The summed E-state index contributed by atoms with van der Waals surface area (Å²) in [6.07, 6.45) is 13.8. The molecule has 0 amide bonds. The van der Waals surface area contributed by atoms with Gasteiger partial charge in [-0.3, -0.25) is 0 Å². The van der Waals surface area contributed by atoms with E-state index in [1.165, 1.54) is 70.6 Å². The first-order valence-corrected chi connectivity index (χ1v) is 8.57. The first-order chi connectivity index (χ1) is 9.13. The van der Waals surface area contributed by atoms with E-state index < -0.39 is 0 Å². The van der Waals surface area contributed by atoms with Crippen molar-refractivity contribution in [3.63, 3.8) is 0 Å². The van der Waals surface area contributed by atoms with E-state index in [2.05, 4.69) is 13.8 Å². The Morgan fingerprint density at radius 2 is 1.21 bits per heavy atom. The fourth-order valence-corrected chi connectivity index (χ4v) is 2.77. The lowest BCUT2D eigenvalue weighted by Gasteiger charge is -2.26. The molecule has 0 rings (SSSR count). The van der Waals surface area contributed by atoms with Crippen LogP contribution in [0.1, 0.15) is 91.4 Å². The van der Waals surface area contributed by atoms with E-state index in [0.717, 1.165) is 0 Å². The summed E-state index contributed by atoms with van der Waals surface area (Å²) in [4.78, 5) is 0. The number of aliphatic hydroxyl groups is 1. The lowest BCUT2D eigenvalue weighted by Crippen LogP contribution is -2.39. The minimum atomic E-state index is -0.369. The van der Waals surface area contributed by atoms with Gasteiger partial charge in [-0.05, 0) is 25.7 Å². The van der Waals surface area contributed by atoms with E-state index in [1.54, 1.807) is 0 Å². The fraction of sp³-hybridized carbons (Fsp3) is 1.00. The normalized spacial score (nSPS) is 16.3. The summed E-state index contributed by atoms with van der Waals surface area (Å²) in [5.74, 6) is 0.512. The van der Waals surface area contributed by atoms with Crippen molar-refractivity contribution >= 4 is 0 Å². The first-order valence-electron chi connectivity index (χ1n) is 8.57. The number of aliphatic hydroxyl groups excluding tert-OH is 1. The third-order valence-corrected chi connectivity index (χ3v) is 4.21. The van der Waals surface area contributed by atoms with Gasteiger partial charge in [-0.25, -0.2) is 0 Å². The average molecular weight is 271 g/mol. The highest BCUT2D eigenvalue weighted by Gasteiger charge is 2.21. The van der Waals surface area contributed by atoms with Crippen LogP contribution in [0.2, 0.25) is 0 Å². The van der Waals surface area contributed by atoms with Crippen LogP contribution in [-0.2, 0) is 0 Å². The van der Waals surface area contributed by atoms with E-state index in [4.69, 9.17) is 5.73 Å². The molecule has 0 saturated carbocycles. The Bertz CT molecular complexity index is 182. The van der Waals surface area contributed by atoms with E-state index >= 15 is 0 Å². The van der Waals surface area contributed by atoms with Crippen molar-refractivity contribution in [2.45, 2.75) is 104 Å². The standard InChI is InChI=1S/C17H37NO/c1-4-6-8-10-12-14-16(17(18)15(3)19)13-11-9-7-5-2/h15-17,19H,4-14,18H2,1-3H3. The number of rotatable bonds is 13. The average Bonchev–Trinajstić information content (AvgIpc) is 2.40. The Morgan fingerprint density at radius 1 is 0.789 bits per heavy atom. The van der Waals surface area contributed by atoms with Gasteiger partial charge in [0.2, 0.25) is 0 Å². The number of nitrogens with two attached hydrogens (primary N) is 1.